The Labute approximate surface area is 305 Å². The number of amides is 3. The molecule has 0 aliphatic carbocycles. The van der Waals surface area contributed by atoms with Crippen LogP contribution in [0.25, 0.3) is 17.2 Å². The molecule has 6 rings (SSSR count). The van der Waals surface area contributed by atoms with E-state index >= 15 is 0 Å². The van der Waals surface area contributed by atoms with Gasteiger partial charge in [-0.15, -0.1) is 11.8 Å². The summed E-state index contributed by atoms with van der Waals surface area (Å²) in [7, 11) is 0. The van der Waals surface area contributed by atoms with Gasteiger partial charge in [0.2, 0.25) is 5.91 Å². The fourth-order valence-corrected chi connectivity index (χ4v) is 6.42. The summed E-state index contributed by atoms with van der Waals surface area (Å²) in [5, 5.41) is 17.2. The van der Waals surface area contributed by atoms with E-state index in [1.165, 1.54) is 23.9 Å². The van der Waals surface area contributed by atoms with Gasteiger partial charge in [-0.05, 0) is 76.9 Å². The summed E-state index contributed by atoms with van der Waals surface area (Å²) < 4.78 is 0. The molecular weight excluding hydrogens is 671 g/mol. The lowest BCUT2D eigenvalue weighted by Crippen LogP contribution is -2.30. The molecule has 1 atom stereocenters. The van der Waals surface area contributed by atoms with E-state index in [9.17, 15) is 24.3 Å². The van der Waals surface area contributed by atoms with E-state index < -0.39 is 23.0 Å². The van der Waals surface area contributed by atoms with Crippen LogP contribution in [0, 0.1) is 0 Å². The lowest BCUT2D eigenvalue weighted by atomic mass is 10.0. The Kier molecular flexibility index (Phi) is 11.3. The van der Waals surface area contributed by atoms with E-state index in [1.54, 1.807) is 60.7 Å². The highest BCUT2D eigenvalue weighted by Crippen LogP contribution is 2.37. The normalized spacial score (nSPS) is 11.6. The number of anilines is 2. The highest BCUT2D eigenvalue weighted by molar-refractivity contribution is 8.00. The SMILES string of the molecule is O=C(Nc1cccc(SC(C(=O)Nc2cccc(C(=O)O)c2)c2ccccc2)c1)/C(=C\c1ccc(-c2ccccc2)cc1)NC(=O)c1ccccc1. The minimum Gasteiger partial charge on any atom is -0.478 e. The number of carboxylic acids is 1. The monoisotopic (exact) mass is 703 g/mol. The van der Waals surface area contributed by atoms with Gasteiger partial charge in [0, 0.05) is 21.8 Å². The van der Waals surface area contributed by atoms with Crippen LogP contribution < -0.4 is 16.0 Å². The summed E-state index contributed by atoms with van der Waals surface area (Å²) in [6.45, 7) is 0. The van der Waals surface area contributed by atoms with E-state index in [-0.39, 0.29) is 17.2 Å². The van der Waals surface area contributed by atoms with Crippen LogP contribution >= 0.6 is 11.8 Å². The molecule has 0 bridgehead atoms. The topological polar surface area (TPSA) is 125 Å². The summed E-state index contributed by atoms with van der Waals surface area (Å²) in [5.74, 6) is -2.41. The minimum atomic E-state index is -1.09. The Morgan fingerprint density at radius 1 is 0.577 bits per heavy atom. The molecular formula is C43H33N3O5S. The van der Waals surface area contributed by atoms with Crippen molar-refractivity contribution in [1.29, 1.82) is 0 Å². The summed E-state index contributed by atoms with van der Waals surface area (Å²) >= 11 is 1.28. The van der Waals surface area contributed by atoms with Gasteiger partial charge in [0.05, 0.1) is 5.56 Å². The van der Waals surface area contributed by atoms with Crippen molar-refractivity contribution in [1.82, 2.24) is 5.32 Å². The van der Waals surface area contributed by atoms with Crippen LogP contribution in [0.5, 0.6) is 0 Å². The first kappa shape index (κ1) is 35.1. The molecule has 0 aliphatic heterocycles. The third-order valence-electron chi connectivity index (χ3n) is 7.92. The van der Waals surface area contributed by atoms with Gasteiger partial charge in [-0.1, -0.05) is 115 Å². The van der Waals surface area contributed by atoms with Crippen molar-refractivity contribution < 1.29 is 24.3 Å². The number of benzene rings is 6. The molecule has 4 N–H and O–H groups in total. The molecule has 0 spiro atoms. The highest BCUT2D eigenvalue weighted by Gasteiger charge is 2.23. The summed E-state index contributed by atoms with van der Waals surface area (Å²) in [6.07, 6.45) is 1.62. The molecule has 0 aliphatic rings. The second-order valence-electron chi connectivity index (χ2n) is 11.6. The molecule has 8 nitrogen and oxygen atoms in total. The van der Waals surface area contributed by atoms with Gasteiger partial charge in [0.25, 0.3) is 11.8 Å². The highest BCUT2D eigenvalue weighted by atomic mass is 32.2. The van der Waals surface area contributed by atoms with Gasteiger partial charge >= 0.3 is 5.97 Å². The zero-order valence-corrected chi connectivity index (χ0v) is 28.5. The Bertz CT molecular complexity index is 2230. The molecule has 6 aromatic rings. The second kappa shape index (κ2) is 16.8. The molecule has 1 unspecified atom stereocenters. The Morgan fingerprint density at radius 2 is 1.15 bits per heavy atom. The van der Waals surface area contributed by atoms with Gasteiger partial charge in [0.1, 0.15) is 10.9 Å². The molecule has 0 radical (unpaired) electrons. The van der Waals surface area contributed by atoms with Crippen molar-refractivity contribution in [3.63, 3.8) is 0 Å². The van der Waals surface area contributed by atoms with Crippen LogP contribution in [0.4, 0.5) is 11.4 Å². The van der Waals surface area contributed by atoms with Crippen LogP contribution in [0.15, 0.2) is 174 Å². The van der Waals surface area contributed by atoms with Gasteiger partial charge in [-0.2, -0.15) is 0 Å². The number of carbonyl (C=O) groups is 4. The number of thioether (sulfide) groups is 1. The van der Waals surface area contributed by atoms with E-state index in [4.69, 9.17) is 0 Å². The van der Waals surface area contributed by atoms with Crippen LogP contribution in [-0.4, -0.2) is 28.8 Å². The fourth-order valence-electron chi connectivity index (χ4n) is 5.33. The molecule has 52 heavy (non-hydrogen) atoms. The first-order valence-corrected chi connectivity index (χ1v) is 17.2. The van der Waals surface area contributed by atoms with Crippen molar-refractivity contribution in [2.75, 3.05) is 10.6 Å². The number of rotatable bonds is 12. The average Bonchev–Trinajstić information content (AvgIpc) is 3.18. The number of carbonyl (C=O) groups excluding carboxylic acids is 3. The number of aromatic carboxylic acids is 1. The van der Waals surface area contributed by atoms with Gasteiger partial charge in [-0.25, -0.2) is 4.79 Å². The predicted molar refractivity (Wildman–Crippen MR) is 206 cm³/mol. The maximum Gasteiger partial charge on any atom is 0.335 e. The van der Waals surface area contributed by atoms with Crippen LogP contribution in [-0.2, 0) is 9.59 Å². The number of nitrogens with one attached hydrogen (secondary N) is 3. The van der Waals surface area contributed by atoms with E-state index in [0.29, 0.717) is 27.4 Å². The molecule has 3 amide bonds. The standard InChI is InChI=1S/C43H33N3O5S/c47-40(33-16-8-3-9-17-33)46-38(26-29-22-24-31(25-23-29)30-12-4-1-5-13-30)41(48)44-36-20-11-21-37(28-36)52-39(32-14-6-2-7-15-32)42(49)45-35-19-10-18-34(27-35)43(50)51/h1-28,39H,(H,44,48)(H,45,49)(H,46,47)(H,50,51)/b38-26+. The molecule has 0 saturated heterocycles. The molecule has 256 valence electrons. The van der Waals surface area contributed by atoms with Gasteiger partial charge in [-0.3, -0.25) is 14.4 Å². The predicted octanol–water partition coefficient (Wildman–Crippen LogP) is 8.93. The van der Waals surface area contributed by atoms with Crippen molar-refractivity contribution in [3.05, 3.63) is 192 Å². The molecule has 0 fully saturated rings. The first-order valence-electron chi connectivity index (χ1n) is 16.3. The van der Waals surface area contributed by atoms with E-state index in [1.807, 2.05) is 97.1 Å². The maximum absolute atomic E-state index is 13.8. The van der Waals surface area contributed by atoms with Crippen molar-refractivity contribution >= 4 is 52.9 Å². The minimum absolute atomic E-state index is 0.0458. The Morgan fingerprint density at radius 3 is 1.83 bits per heavy atom. The molecule has 0 aromatic heterocycles. The summed E-state index contributed by atoms with van der Waals surface area (Å²) in [5.41, 5.74) is 4.85. The van der Waals surface area contributed by atoms with Gasteiger partial charge in [0.15, 0.2) is 0 Å². The van der Waals surface area contributed by atoms with Crippen molar-refractivity contribution in [2.24, 2.45) is 0 Å². The van der Waals surface area contributed by atoms with Gasteiger partial charge < -0.3 is 21.1 Å². The van der Waals surface area contributed by atoms with E-state index in [2.05, 4.69) is 16.0 Å². The molecule has 0 heterocycles. The van der Waals surface area contributed by atoms with Crippen LogP contribution in [0.3, 0.4) is 0 Å². The van der Waals surface area contributed by atoms with Crippen LogP contribution in [0.2, 0.25) is 0 Å². The summed E-state index contributed by atoms with van der Waals surface area (Å²) in [4.78, 5) is 52.8. The van der Waals surface area contributed by atoms with Crippen LogP contribution in [0.1, 0.15) is 37.1 Å². The lowest BCUT2D eigenvalue weighted by Gasteiger charge is -2.18. The zero-order chi connectivity index (χ0) is 36.3. The van der Waals surface area contributed by atoms with E-state index in [0.717, 1.165) is 16.7 Å². The zero-order valence-electron chi connectivity index (χ0n) is 27.7. The third kappa shape index (κ3) is 9.29. The summed E-state index contributed by atoms with van der Waals surface area (Å²) in [6, 6.07) is 48.6. The third-order valence-corrected chi connectivity index (χ3v) is 9.17. The smallest absolute Gasteiger partial charge is 0.335 e. The molecule has 6 aromatic carbocycles. The average molecular weight is 704 g/mol. The number of hydrogen-bond acceptors (Lipinski definition) is 5. The number of carboxylic acid groups (broad SMARTS) is 1. The lowest BCUT2D eigenvalue weighted by molar-refractivity contribution is -0.116. The fraction of sp³-hybridized carbons (Fsp3) is 0.0233. The van der Waals surface area contributed by atoms with Crippen molar-refractivity contribution in [2.45, 2.75) is 10.1 Å². The number of hydrogen-bond donors (Lipinski definition) is 4. The first-order chi connectivity index (χ1) is 25.3. The molecule has 9 heteroatoms. The molecule has 0 saturated carbocycles. The Hall–Kier alpha value is -6.71. The second-order valence-corrected chi connectivity index (χ2v) is 12.8. The Balaban J connectivity index is 1.23. The quantitative estimate of drug-likeness (QED) is 0.0746. The maximum atomic E-state index is 13.8. The largest absolute Gasteiger partial charge is 0.478 e. The van der Waals surface area contributed by atoms with Crippen molar-refractivity contribution in [3.8, 4) is 11.1 Å².